The molecule has 2 heterocycles. The Morgan fingerprint density at radius 2 is 1.54 bits per heavy atom. The molecule has 13 heteroatoms. The number of hydrogen-bond acceptors (Lipinski definition) is 10. The Morgan fingerprint density at radius 3 is 2.26 bits per heavy atom. The molecule has 1 fully saturated rings. The van der Waals surface area contributed by atoms with E-state index in [1.54, 1.807) is 35.2 Å². The third-order valence-electron chi connectivity index (χ3n) is 9.63. The molecule has 1 aromatic heterocycles. The number of carbonyl (C=O) groups is 1. The third-order valence-corrected chi connectivity index (χ3v) is 13.2. The molecule has 294 valence electrons. The van der Waals surface area contributed by atoms with Gasteiger partial charge in [0.05, 0.1) is 23.7 Å². The molecule has 0 saturated carbocycles. The first kappa shape index (κ1) is 40.5. The Kier molecular flexibility index (Phi) is 13.3. The highest BCUT2D eigenvalue weighted by Gasteiger charge is 2.33. The molecule has 0 aliphatic carbocycles. The number of thioether (sulfide) groups is 1. The summed E-state index contributed by atoms with van der Waals surface area (Å²) in [4.78, 5) is 13.8. The van der Waals surface area contributed by atoms with Gasteiger partial charge >= 0.3 is 0 Å². The number of nitrogens with one attached hydrogen (secondary N) is 2. The monoisotopic (exact) mass is 820 g/mol. The second-order valence-electron chi connectivity index (χ2n) is 14.0. The van der Waals surface area contributed by atoms with E-state index in [1.807, 2.05) is 111 Å². The van der Waals surface area contributed by atoms with Crippen molar-refractivity contribution in [2.75, 3.05) is 5.75 Å². The number of rotatable bonds is 15. The summed E-state index contributed by atoms with van der Waals surface area (Å²) in [5.74, 6) is 0.260. The van der Waals surface area contributed by atoms with Gasteiger partial charge < -0.3 is 19.9 Å². The number of hydrogen-bond donors (Lipinski definition) is 3. The molecular weight excluding hydrogens is 777 g/mol. The highest BCUT2D eigenvalue weighted by Crippen LogP contribution is 2.40. The van der Waals surface area contributed by atoms with Crippen LogP contribution in [0.15, 0.2) is 137 Å². The number of aryl methyl sites for hydroxylation is 2. The summed E-state index contributed by atoms with van der Waals surface area (Å²) >= 11 is 3.19. The lowest BCUT2D eigenvalue weighted by Crippen LogP contribution is -2.47. The minimum absolute atomic E-state index is 0.0245. The van der Waals surface area contributed by atoms with E-state index in [-0.39, 0.29) is 36.7 Å². The van der Waals surface area contributed by atoms with Gasteiger partial charge in [-0.15, -0.1) is 10.2 Å². The molecule has 0 radical (unpaired) electrons. The Labute approximate surface area is 341 Å². The first-order valence-corrected chi connectivity index (χ1v) is 21.9. The molecule has 6 aromatic rings. The maximum atomic E-state index is 13.7. The average molecular weight is 821 g/mol. The molecule has 1 saturated heterocycles. The van der Waals surface area contributed by atoms with E-state index in [2.05, 4.69) is 26.3 Å². The first-order chi connectivity index (χ1) is 27.6. The molecule has 7 rings (SSSR count). The maximum Gasteiger partial charge on any atom is 0.241 e. The lowest BCUT2D eigenvalue weighted by Gasteiger charge is -2.36. The van der Waals surface area contributed by atoms with Gasteiger partial charge in [0, 0.05) is 24.3 Å². The van der Waals surface area contributed by atoms with Gasteiger partial charge in [-0.05, 0) is 77.9 Å². The van der Waals surface area contributed by atoms with Gasteiger partial charge in [-0.2, -0.15) is 4.72 Å². The average Bonchev–Trinajstić information content (AvgIpc) is 3.67. The Morgan fingerprint density at radius 1 is 0.825 bits per heavy atom. The van der Waals surface area contributed by atoms with Gasteiger partial charge in [0.1, 0.15) is 11.0 Å². The van der Waals surface area contributed by atoms with Crippen LogP contribution in [0.3, 0.4) is 0 Å². The predicted molar refractivity (Wildman–Crippen MR) is 223 cm³/mol. The number of sulfonamides is 1. The fourth-order valence-corrected chi connectivity index (χ4v) is 9.63. The zero-order valence-corrected chi connectivity index (χ0v) is 34.0. The van der Waals surface area contributed by atoms with Crippen LogP contribution in [0.25, 0.3) is 11.1 Å². The highest BCUT2D eigenvalue weighted by molar-refractivity contribution is 8.01. The SMILES string of the molecule is Cc1ccc(S(=O)(=O)NC(Cc2ccccc2)C(=O)NCc2cccc(-c3cccc(C4OC(CSc5nnc(C)s5)CC(c5ccc(CO)cc5)O4)c3)c2)cc1. The highest BCUT2D eigenvalue weighted by atomic mass is 32.2. The number of carbonyl (C=O) groups excluding carboxylic acids is 1. The van der Waals surface area contributed by atoms with Gasteiger partial charge in [0.15, 0.2) is 10.6 Å². The van der Waals surface area contributed by atoms with Gasteiger partial charge in [-0.25, -0.2) is 8.42 Å². The van der Waals surface area contributed by atoms with Crippen LogP contribution in [-0.2, 0) is 43.9 Å². The fourth-order valence-electron chi connectivity index (χ4n) is 6.57. The Hall–Kier alpha value is -4.73. The molecule has 1 aliphatic rings. The standard InChI is InChI=1S/C44H44N4O6S3/c1-29-14-20-39(21-15-29)57(51,52)48-40(23-31-8-4-3-5-9-31)42(50)45-26-33-10-6-11-35(22-33)36-12-7-13-37(24-36)43-53-38(28-55-44-47-46-30(2)56-44)25-41(54-43)34-18-16-32(27-49)17-19-34/h3-22,24,38,40-41,43,48-49H,23,25-28H2,1-2H3,(H,45,50). The van der Waals surface area contributed by atoms with Gasteiger partial charge in [0.25, 0.3) is 0 Å². The Balaban J connectivity index is 1.06. The number of aliphatic hydroxyl groups is 1. The number of aliphatic hydroxyl groups excluding tert-OH is 1. The third kappa shape index (κ3) is 10.8. The van der Waals surface area contributed by atoms with Crippen LogP contribution in [0, 0.1) is 13.8 Å². The van der Waals surface area contributed by atoms with E-state index >= 15 is 0 Å². The second-order valence-corrected chi connectivity index (χ2v) is 18.1. The molecule has 1 aliphatic heterocycles. The number of amides is 1. The second kappa shape index (κ2) is 18.7. The minimum atomic E-state index is -3.97. The summed E-state index contributed by atoms with van der Waals surface area (Å²) in [6.07, 6.45) is -0.126. The first-order valence-electron chi connectivity index (χ1n) is 18.7. The normalized spacial score (nSPS) is 17.6. The van der Waals surface area contributed by atoms with Crippen molar-refractivity contribution in [3.8, 4) is 11.1 Å². The molecule has 4 atom stereocenters. The summed E-state index contributed by atoms with van der Waals surface area (Å²) in [6, 6.07) is 38.6. The van der Waals surface area contributed by atoms with Crippen molar-refractivity contribution in [1.29, 1.82) is 0 Å². The van der Waals surface area contributed by atoms with E-state index in [9.17, 15) is 18.3 Å². The zero-order chi connectivity index (χ0) is 39.8. The molecule has 0 spiro atoms. The van der Waals surface area contributed by atoms with Crippen molar-refractivity contribution >= 4 is 39.0 Å². The molecule has 57 heavy (non-hydrogen) atoms. The number of ether oxygens (including phenoxy) is 2. The largest absolute Gasteiger partial charge is 0.392 e. The summed E-state index contributed by atoms with van der Waals surface area (Å²) < 4.78 is 43.5. The predicted octanol–water partition coefficient (Wildman–Crippen LogP) is 7.86. The summed E-state index contributed by atoms with van der Waals surface area (Å²) in [6.45, 7) is 4.00. The van der Waals surface area contributed by atoms with E-state index < -0.39 is 28.3 Å². The molecule has 0 bridgehead atoms. The van der Waals surface area contributed by atoms with Crippen molar-refractivity contribution < 1.29 is 27.8 Å². The molecule has 4 unspecified atom stereocenters. The Bertz CT molecular complexity index is 2370. The topological polar surface area (TPSA) is 140 Å². The summed E-state index contributed by atoms with van der Waals surface area (Å²) in [5, 5.41) is 21.9. The lowest BCUT2D eigenvalue weighted by molar-refractivity contribution is -0.245. The van der Waals surface area contributed by atoms with E-state index in [0.717, 1.165) is 53.9 Å². The van der Waals surface area contributed by atoms with Crippen LogP contribution in [0.4, 0.5) is 0 Å². The van der Waals surface area contributed by atoms with Crippen LogP contribution in [-0.4, -0.2) is 47.5 Å². The quantitative estimate of drug-likeness (QED) is 0.0884. The van der Waals surface area contributed by atoms with Crippen molar-refractivity contribution in [2.45, 2.75) is 73.6 Å². The van der Waals surface area contributed by atoms with Crippen LogP contribution >= 0.6 is 23.1 Å². The molecule has 5 aromatic carbocycles. The van der Waals surface area contributed by atoms with Crippen molar-refractivity contribution in [2.24, 2.45) is 0 Å². The molecule has 1 amide bonds. The van der Waals surface area contributed by atoms with E-state index in [0.29, 0.717) is 12.2 Å². The van der Waals surface area contributed by atoms with Crippen LogP contribution in [0.1, 0.15) is 57.2 Å². The number of nitrogens with zero attached hydrogens (tertiary/aromatic N) is 2. The van der Waals surface area contributed by atoms with E-state index in [1.165, 1.54) is 12.1 Å². The van der Waals surface area contributed by atoms with Gasteiger partial charge in [0.2, 0.25) is 15.9 Å². The zero-order valence-electron chi connectivity index (χ0n) is 31.6. The molecular formula is C44H44N4O6S3. The van der Waals surface area contributed by atoms with Crippen molar-refractivity contribution in [1.82, 2.24) is 20.2 Å². The molecule has 10 nitrogen and oxygen atoms in total. The van der Waals surface area contributed by atoms with Crippen LogP contribution in [0.5, 0.6) is 0 Å². The maximum absolute atomic E-state index is 13.7. The molecule has 3 N–H and O–H groups in total. The van der Waals surface area contributed by atoms with Gasteiger partial charge in [-0.3, -0.25) is 4.79 Å². The summed E-state index contributed by atoms with van der Waals surface area (Å²) in [7, 11) is -3.97. The summed E-state index contributed by atoms with van der Waals surface area (Å²) in [5.41, 5.74) is 7.24. The van der Waals surface area contributed by atoms with Crippen molar-refractivity contribution in [3.63, 3.8) is 0 Å². The van der Waals surface area contributed by atoms with Crippen LogP contribution < -0.4 is 10.0 Å². The number of benzene rings is 5. The van der Waals surface area contributed by atoms with Gasteiger partial charge in [-0.1, -0.05) is 132 Å². The fraction of sp³-hybridized carbons (Fsp3) is 0.250. The van der Waals surface area contributed by atoms with Crippen LogP contribution in [0.2, 0.25) is 0 Å². The number of aromatic nitrogens is 2. The lowest BCUT2D eigenvalue weighted by atomic mass is 9.99. The van der Waals surface area contributed by atoms with Crippen molar-refractivity contribution in [3.05, 3.63) is 166 Å². The minimum Gasteiger partial charge on any atom is -0.392 e. The van der Waals surface area contributed by atoms with E-state index in [4.69, 9.17) is 9.47 Å². The smallest absolute Gasteiger partial charge is 0.241 e.